The van der Waals surface area contributed by atoms with Crippen LogP contribution in [0.15, 0.2) is 53.4 Å². The number of esters is 1. The number of aromatic nitrogens is 2. The number of anilines is 1. The SMILES string of the molecule is COC(=O)/C(C=O)=C/C(=N\N(C)c1cnn(C)c1)c1ccc(C)cc1. The van der Waals surface area contributed by atoms with Gasteiger partial charge in [0, 0.05) is 25.9 Å². The predicted octanol–water partition coefficient (Wildman–Crippen LogP) is 1.87. The molecule has 0 radical (unpaired) electrons. The van der Waals surface area contributed by atoms with Crippen molar-refractivity contribution < 1.29 is 14.3 Å². The number of nitrogens with zero attached hydrogens (tertiary/aromatic N) is 4. The van der Waals surface area contributed by atoms with E-state index in [4.69, 9.17) is 0 Å². The number of allylic oxidation sites excluding steroid dienone is 1. The molecule has 0 aliphatic carbocycles. The molecule has 2 rings (SSSR count). The van der Waals surface area contributed by atoms with Gasteiger partial charge >= 0.3 is 5.97 Å². The summed E-state index contributed by atoms with van der Waals surface area (Å²) in [7, 11) is 4.80. The first-order valence-electron chi connectivity index (χ1n) is 7.57. The minimum atomic E-state index is -0.709. The first-order valence-corrected chi connectivity index (χ1v) is 7.57. The highest BCUT2D eigenvalue weighted by atomic mass is 16.5. The third kappa shape index (κ3) is 4.63. The molecule has 0 aliphatic rings. The van der Waals surface area contributed by atoms with E-state index in [0.29, 0.717) is 12.0 Å². The Kier molecular flexibility index (Phi) is 5.84. The Hall–Kier alpha value is -3.22. The number of ether oxygens (including phenoxy) is 1. The van der Waals surface area contributed by atoms with E-state index in [0.717, 1.165) is 16.8 Å². The predicted molar refractivity (Wildman–Crippen MR) is 95.5 cm³/mol. The summed E-state index contributed by atoms with van der Waals surface area (Å²) in [5.74, 6) is -0.709. The van der Waals surface area contributed by atoms with Gasteiger partial charge in [0.15, 0.2) is 6.29 Å². The summed E-state index contributed by atoms with van der Waals surface area (Å²) in [6, 6.07) is 7.62. The largest absolute Gasteiger partial charge is 0.465 e. The Labute approximate surface area is 146 Å². The van der Waals surface area contributed by atoms with Gasteiger partial charge < -0.3 is 4.74 Å². The van der Waals surface area contributed by atoms with Crippen molar-refractivity contribution in [2.24, 2.45) is 12.1 Å². The van der Waals surface area contributed by atoms with E-state index in [-0.39, 0.29) is 5.57 Å². The number of aryl methyl sites for hydroxylation is 2. The van der Waals surface area contributed by atoms with Gasteiger partial charge in [0.05, 0.1) is 24.7 Å². The van der Waals surface area contributed by atoms with E-state index in [2.05, 4.69) is 14.9 Å². The minimum Gasteiger partial charge on any atom is -0.465 e. The Morgan fingerprint density at radius 1 is 1.32 bits per heavy atom. The van der Waals surface area contributed by atoms with Crippen LogP contribution in [0, 0.1) is 6.92 Å². The van der Waals surface area contributed by atoms with Crippen LogP contribution in [0.1, 0.15) is 11.1 Å². The molecule has 7 nitrogen and oxygen atoms in total. The molecule has 2 aromatic rings. The summed E-state index contributed by atoms with van der Waals surface area (Å²) in [4.78, 5) is 23.0. The second-order valence-electron chi connectivity index (χ2n) is 5.46. The number of hydrogen-bond donors (Lipinski definition) is 0. The van der Waals surface area contributed by atoms with Crippen LogP contribution in [0.2, 0.25) is 0 Å². The molecule has 25 heavy (non-hydrogen) atoms. The fourth-order valence-electron chi connectivity index (χ4n) is 2.10. The van der Waals surface area contributed by atoms with Crippen LogP contribution in [0.5, 0.6) is 0 Å². The van der Waals surface area contributed by atoms with Crippen molar-refractivity contribution >= 4 is 23.7 Å². The summed E-state index contributed by atoms with van der Waals surface area (Å²) >= 11 is 0. The van der Waals surface area contributed by atoms with Gasteiger partial charge in [0.2, 0.25) is 0 Å². The second kappa shape index (κ2) is 8.05. The minimum absolute atomic E-state index is 0.110. The molecule has 0 saturated heterocycles. The molecule has 0 bridgehead atoms. The molecule has 7 heteroatoms. The quantitative estimate of drug-likeness (QED) is 0.153. The number of rotatable bonds is 6. The molecule has 130 valence electrons. The van der Waals surface area contributed by atoms with Crippen LogP contribution in [0.4, 0.5) is 5.69 Å². The van der Waals surface area contributed by atoms with Gasteiger partial charge in [-0.3, -0.25) is 14.5 Å². The fraction of sp³-hybridized carbons (Fsp3) is 0.222. The zero-order chi connectivity index (χ0) is 18.4. The summed E-state index contributed by atoms with van der Waals surface area (Å²) < 4.78 is 6.29. The lowest BCUT2D eigenvalue weighted by atomic mass is 10.1. The van der Waals surface area contributed by atoms with E-state index < -0.39 is 5.97 Å². The Morgan fingerprint density at radius 3 is 2.52 bits per heavy atom. The maximum absolute atomic E-state index is 11.7. The van der Waals surface area contributed by atoms with E-state index in [9.17, 15) is 9.59 Å². The molecule has 0 atom stereocenters. The number of carbonyl (C=O) groups is 2. The van der Waals surface area contributed by atoms with E-state index in [1.165, 1.54) is 13.2 Å². The number of carbonyl (C=O) groups excluding carboxylic acids is 2. The van der Waals surface area contributed by atoms with Crippen LogP contribution < -0.4 is 5.01 Å². The molecule has 0 spiro atoms. The molecule has 0 amide bonds. The molecule has 1 aromatic heterocycles. The second-order valence-corrected chi connectivity index (χ2v) is 5.46. The van der Waals surface area contributed by atoms with Crippen molar-refractivity contribution in [2.45, 2.75) is 6.92 Å². The highest BCUT2D eigenvalue weighted by Gasteiger charge is 2.12. The first kappa shape index (κ1) is 18.1. The highest BCUT2D eigenvalue weighted by molar-refractivity contribution is 6.18. The maximum Gasteiger partial charge on any atom is 0.341 e. The zero-order valence-electron chi connectivity index (χ0n) is 14.6. The van der Waals surface area contributed by atoms with Gasteiger partial charge in [0.25, 0.3) is 0 Å². The lowest BCUT2D eigenvalue weighted by molar-refractivity contribution is -0.136. The van der Waals surface area contributed by atoms with E-state index in [1.54, 1.807) is 29.1 Å². The van der Waals surface area contributed by atoms with Gasteiger partial charge in [-0.1, -0.05) is 29.8 Å². The lowest BCUT2D eigenvalue weighted by Gasteiger charge is -2.13. The highest BCUT2D eigenvalue weighted by Crippen LogP contribution is 2.14. The molecule has 1 heterocycles. The van der Waals surface area contributed by atoms with E-state index in [1.807, 2.05) is 38.2 Å². The third-order valence-corrected chi connectivity index (χ3v) is 3.51. The molecular weight excluding hydrogens is 320 g/mol. The van der Waals surface area contributed by atoms with Crippen LogP contribution >= 0.6 is 0 Å². The van der Waals surface area contributed by atoms with Crippen molar-refractivity contribution in [2.75, 3.05) is 19.2 Å². The summed E-state index contributed by atoms with van der Waals surface area (Å²) in [6.45, 7) is 1.98. The number of hydrazone groups is 1. The zero-order valence-corrected chi connectivity index (χ0v) is 14.6. The average molecular weight is 340 g/mol. The molecule has 0 aliphatic heterocycles. The van der Waals surface area contributed by atoms with Gasteiger partial charge in [-0.25, -0.2) is 4.79 Å². The fourth-order valence-corrected chi connectivity index (χ4v) is 2.10. The van der Waals surface area contributed by atoms with Crippen LogP contribution in [-0.2, 0) is 21.4 Å². The molecule has 0 unspecified atom stereocenters. The Morgan fingerprint density at radius 2 is 2.00 bits per heavy atom. The van der Waals surface area contributed by atoms with Crippen LogP contribution in [-0.4, -0.2) is 41.9 Å². The lowest BCUT2D eigenvalue weighted by Crippen LogP contribution is -2.15. The standard InChI is InChI=1S/C18H20N4O3/c1-13-5-7-14(8-6-13)17(9-15(12-23)18(24)25-4)20-22(3)16-10-19-21(2)11-16/h5-12H,1-4H3/b15-9+,20-17+. The smallest absolute Gasteiger partial charge is 0.341 e. The van der Waals surface area contributed by atoms with Gasteiger partial charge in [-0.15, -0.1) is 0 Å². The van der Waals surface area contributed by atoms with Gasteiger partial charge in [0.1, 0.15) is 5.57 Å². The molecule has 1 aromatic carbocycles. The van der Waals surface area contributed by atoms with E-state index >= 15 is 0 Å². The first-order chi connectivity index (χ1) is 11.9. The topological polar surface area (TPSA) is 76.8 Å². The number of aldehydes is 1. The summed E-state index contributed by atoms with van der Waals surface area (Å²) in [6.07, 6.45) is 5.35. The molecule has 0 saturated carbocycles. The molecular formula is C18H20N4O3. The van der Waals surface area contributed by atoms with Crippen LogP contribution in [0.25, 0.3) is 0 Å². The van der Waals surface area contributed by atoms with Crippen molar-refractivity contribution in [1.82, 2.24) is 9.78 Å². The average Bonchev–Trinajstić information content (AvgIpc) is 3.05. The van der Waals surface area contributed by atoms with Crippen molar-refractivity contribution in [3.8, 4) is 0 Å². The van der Waals surface area contributed by atoms with Crippen molar-refractivity contribution in [1.29, 1.82) is 0 Å². The Bertz CT molecular complexity index is 819. The number of methoxy groups -OCH3 is 1. The normalized spacial score (nSPS) is 12.0. The number of hydrogen-bond acceptors (Lipinski definition) is 6. The maximum atomic E-state index is 11.7. The van der Waals surface area contributed by atoms with Gasteiger partial charge in [-0.05, 0) is 13.0 Å². The van der Waals surface area contributed by atoms with Crippen molar-refractivity contribution in [3.63, 3.8) is 0 Å². The third-order valence-electron chi connectivity index (χ3n) is 3.51. The monoisotopic (exact) mass is 340 g/mol. The van der Waals surface area contributed by atoms with Crippen molar-refractivity contribution in [3.05, 3.63) is 59.4 Å². The Balaban J connectivity index is 2.49. The molecule has 0 fully saturated rings. The number of benzene rings is 1. The van der Waals surface area contributed by atoms with Gasteiger partial charge in [-0.2, -0.15) is 10.2 Å². The summed E-state index contributed by atoms with van der Waals surface area (Å²) in [5, 5.41) is 10.2. The summed E-state index contributed by atoms with van der Waals surface area (Å²) in [5.41, 5.74) is 2.98. The molecule has 0 N–H and O–H groups in total. The van der Waals surface area contributed by atoms with Crippen LogP contribution in [0.3, 0.4) is 0 Å².